The van der Waals surface area contributed by atoms with Crippen molar-refractivity contribution >= 4 is 39.3 Å². The quantitative estimate of drug-likeness (QED) is 0.534. The Balaban J connectivity index is 2.17. The third-order valence-electron chi connectivity index (χ3n) is 4.70. The molecule has 0 aliphatic heterocycles. The van der Waals surface area contributed by atoms with Gasteiger partial charge in [-0.1, -0.05) is 49.7 Å². The zero-order valence-corrected chi connectivity index (χ0v) is 20.1. The molecule has 0 saturated carbocycles. The molecular formula is C23H28BrClN2O3. The lowest BCUT2D eigenvalue weighted by atomic mass is 10.1. The summed E-state index contributed by atoms with van der Waals surface area (Å²) >= 11 is 9.34. The summed E-state index contributed by atoms with van der Waals surface area (Å²) in [6, 6.07) is 12.3. The van der Waals surface area contributed by atoms with Gasteiger partial charge in [0.1, 0.15) is 11.8 Å². The second-order valence-corrected chi connectivity index (χ2v) is 8.92. The van der Waals surface area contributed by atoms with Crippen molar-refractivity contribution in [2.75, 3.05) is 13.2 Å². The molecule has 0 spiro atoms. The molecule has 0 fully saturated rings. The maximum absolute atomic E-state index is 13.1. The third-order valence-corrected chi connectivity index (χ3v) is 5.55. The van der Waals surface area contributed by atoms with Crippen LogP contribution in [-0.2, 0) is 16.1 Å². The molecule has 0 heterocycles. The molecule has 0 aromatic heterocycles. The van der Waals surface area contributed by atoms with E-state index in [4.69, 9.17) is 16.3 Å². The van der Waals surface area contributed by atoms with Gasteiger partial charge in [0.15, 0.2) is 6.61 Å². The van der Waals surface area contributed by atoms with Crippen molar-refractivity contribution in [3.63, 3.8) is 0 Å². The number of nitrogens with one attached hydrogen (secondary N) is 1. The Morgan fingerprint density at radius 3 is 2.50 bits per heavy atom. The summed E-state index contributed by atoms with van der Waals surface area (Å²) in [5, 5.41) is 3.48. The van der Waals surface area contributed by atoms with Crippen molar-refractivity contribution in [3.8, 4) is 5.75 Å². The van der Waals surface area contributed by atoms with Crippen molar-refractivity contribution in [2.45, 2.75) is 40.3 Å². The highest BCUT2D eigenvalue weighted by molar-refractivity contribution is 9.10. The van der Waals surface area contributed by atoms with Crippen LogP contribution in [0.15, 0.2) is 46.9 Å². The molecule has 2 amide bonds. The van der Waals surface area contributed by atoms with Crippen molar-refractivity contribution in [2.24, 2.45) is 5.92 Å². The summed E-state index contributed by atoms with van der Waals surface area (Å²) in [6.07, 6.45) is 0. The molecule has 1 N–H and O–H groups in total. The molecule has 0 bridgehead atoms. The second kappa shape index (κ2) is 11.4. The second-order valence-electron chi connectivity index (χ2n) is 7.63. The van der Waals surface area contributed by atoms with Crippen LogP contribution in [0.4, 0.5) is 0 Å². The molecule has 162 valence electrons. The predicted octanol–water partition coefficient (Wildman–Crippen LogP) is 4.98. The number of amides is 2. The lowest BCUT2D eigenvalue weighted by Gasteiger charge is -2.29. The number of rotatable bonds is 9. The number of nitrogens with zero attached hydrogens (tertiary/aromatic N) is 1. The van der Waals surface area contributed by atoms with Gasteiger partial charge in [-0.3, -0.25) is 9.59 Å². The van der Waals surface area contributed by atoms with E-state index < -0.39 is 6.04 Å². The van der Waals surface area contributed by atoms with Crippen LogP contribution in [-0.4, -0.2) is 35.9 Å². The molecule has 2 aromatic rings. The SMILES string of the molecule is Cc1ccccc1CN(C(=O)COc1ccc(Cl)cc1Br)[C@H](C)C(=O)NCC(C)C. The Hall–Kier alpha value is -2.05. The van der Waals surface area contributed by atoms with Gasteiger partial charge in [-0.25, -0.2) is 0 Å². The minimum atomic E-state index is -0.631. The van der Waals surface area contributed by atoms with E-state index >= 15 is 0 Å². The zero-order valence-electron chi connectivity index (χ0n) is 17.7. The van der Waals surface area contributed by atoms with Crippen molar-refractivity contribution < 1.29 is 14.3 Å². The Morgan fingerprint density at radius 2 is 1.87 bits per heavy atom. The minimum absolute atomic E-state index is 0.182. The fourth-order valence-electron chi connectivity index (χ4n) is 2.82. The van der Waals surface area contributed by atoms with E-state index in [1.165, 1.54) is 0 Å². The molecule has 7 heteroatoms. The summed E-state index contributed by atoms with van der Waals surface area (Å²) in [4.78, 5) is 27.3. The Bertz CT molecular complexity index is 889. The van der Waals surface area contributed by atoms with E-state index in [0.29, 0.717) is 34.3 Å². The standard InChI is InChI=1S/C23H28BrClN2O3/c1-15(2)12-26-23(29)17(4)27(13-18-8-6-5-7-16(18)3)22(28)14-30-21-10-9-19(25)11-20(21)24/h5-11,15,17H,12-14H2,1-4H3,(H,26,29)/t17-/m1/s1. The Labute approximate surface area is 191 Å². The number of aryl methyl sites for hydroxylation is 1. The number of halogens is 2. The molecular weight excluding hydrogens is 468 g/mol. The highest BCUT2D eigenvalue weighted by Gasteiger charge is 2.27. The molecule has 0 radical (unpaired) electrons. The maximum atomic E-state index is 13.1. The summed E-state index contributed by atoms with van der Waals surface area (Å²) < 4.78 is 6.37. The summed E-state index contributed by atoms with van der Waals surface area (Å²) in [5.41, 5.74) is 2.05. The molecule has 0 aliphatic carbocycles. The molecule has 1 atom stereocenters. The first kappa shape index (κ1) is 24.2. The van der Waals surface area contributed by atoms with Crippen molar-refractivity contribution in [1.82, 2.24) is 10.2 Å². The summed E-state index contributed by atoms with van der Waals surface area (Å²) in [6.45, 7) is 8.48. The van der Waals surface area contributed by atoms with Crippen LogP contribution >= 0.6 is 27.5 Å². The van der Waals surface area contributed by atoms with Gasteiger partial charge in [0.05, 0.1) is 4.47 Å². The molecule has 30 heavy (non-hydrogen) atoms. The fraction of sp³-hybridized carbons (Fsp3) is 0.391. The zero-order chi connectivity index (χ0) is 22.3. The number of ether oxygens (including phenoxy) is 1. The van der Waals surface area contributed by atoms with E-state index in [1.54, 1.807) is 30.0 Å². The monoisotopic (exact) mass is 494 g/mol. The average Bonchev–Trinajstić information content (AvgIpc) is 2.70. The van der Waals surface area contributed by atoms with E-state index in [-0.39, 0.29) is 18.4 Å². The Kier molecular flexibility index (Phi) is 9.18. The van der Waals surface area contributed by atoms with Crippen LogP contribution in [0.2, 0.25) is 5.02 Å². The number of carbonyl (C=O) groups excluding carboxylic acids is 2. The van der Waals surface area contributed by atoms with Gasteiger partial charge in [-0.05, 0) is 65.0 Å². The normalized spacial score (nSPS) is 11.8. The number of carbonyl (C=O) groups is 2. The highest BCUT2D eigenvalue weighted by atomic mass is 79.9. The van der Waals surface area contributed by atoms with Crippen LogP contribution in [0.3, 0.4) is 0 Å². The third kappa shape index (κ3) is 7.03. The predicted molar refractivity (Wildman–Crippen MR) is 124 cm³/mol. The largest absolute Gasteiger partial charge is 0.483 e. The molecule has 0 aliphatic rings. The van der Waals surface area contributed by atoms with Crippen LogP contribution in [0.25, 0.3) is 0 Å². The summed E-state index contributed by atoms with van der Waals surface area (Å²) in [5.74, 6) is 0.387. The van der Waals surface area contributed by atoms with E-state index in [0.717, 1.165) is 11.1 Å². The molecule has 0 unspecified atom stereocenters. The first-order valence-electron chi connectivity index (χ1n) is 9.88. The van der Waals surface area contributed by atoms with Gasteiger partial charge in [0.25, 0.3) is 5.91 Å². The van der Waals surface area contributed by atoms with E-state index in [1.807, 2.05) is 45.0 Å². The van der Waals surface area contributed by atoms with Crippen LogP contribution in [0.1, 0.15) is 31.9 Å². The molecule has 0 saturated heterocycles. The first-order valence-corrected chi connectivity index (χ1v) is 11.1. The van der Waals surface area contributed by atoms with E-state index in [2.05, 4.69) is 21.2 Å². The topological polar surface area (TPSA) is 58.6 Å². The lowest BCUT2D eigenvalue weighted by Crippen LogP contribution is -2.49. The van der Waals surface area contributed by atoms with E-state index in [9.17, 15) is 9.59 Å². The van der Waals surface area contributed by atoms with Crippen molar-refractivity contribution in [1.29, 1.82) is 0 Å². The van der Waals surface area contributed by atoms with Crippen LogP contribution in [0, 0.1) is 12.8 Å². The number of benzene rings is 2. The lowest BCUT2D eigenvalue weighted by molar-refractivity contribution is -0.142. The molecule has 2 rings (SSSR count). The first-order chi connectivity index (χ1) is 14.2. The minimum Gasteiger partial charge on any atom is -0.483 e. The average molecular weight is 496 g/mol. The summed E-state index contributed by atoms with van der Waals surface area (Å²) in [7, 11) is 0. The van der Waals surface area contributed by atoms with Gasteiger partial charge in [0, 0.05) is 18.1 Å². The van der Waals surface area contributed by atoms with Gasteiger partial charge in [0.2, 0.25) is 5.91 Å². The Morgan fingerprint density at radius 1 is 1.17 bits per heavy atom. The van der Waals surface area contributed by atoms with Crippen LogP contribution < -0.4 is 10.1 Å². The van der Waals surface area contributed by atoms with Gasteiger partial charge >= 0.3 is 0 Å². The smallest absolute Gasteiger partial charge is 0.261 e. The van der Waals surface area contributed by atoms with Gasteiger partial charge in [-0.15, -0.1) is 0 Å². The number of hydrogen-bond acceptors (Lipinski definition) is 3. The van der Waals surface area contributed by atoms with Crippen LogP contribution in [0.5, 0.6) is 5.75 Å². The maximum Gasteiger partial charge on any atom is 0.261 e. The number of hydrogen-bond donors (Lipinski definition) is 1. The van der Waals surface area contributed by atoms with Gasteiger partial charge in [-0.2, -0.15) is 0 Å². The highest BCUT2D eigenvalue weighted by Crippen LogP contribution is 2.28. The molecule has 5 nitrogen and oxygen atoms in total. The van der Waals surface area contributed by atoms with Crippen molar-refractivity contribution in [3.05, 3.63) is 63.1 Å². The molecule has 2 aromatic carbocycles. The fourth-order valence-corrected chi connectivity index (χ4v) is 3.62. The van der Waals surface area contributed by atoms with Gasteiger partial charge < -0.3 is 15.0 Å².